The van der Waals surface area contributed by atoms with E-state index in [9.17, 15) is 5.26 Å². The molecule has 0 aromatic heterocycles. The fourth-order valence-electron chi connectivity index (χ4n) is 3.33. The smallest absolute Gasteiger partial charge is 0.135 e. The minimum atomic E-state index is -0.372. The molecule has 1 atom stereocenters. The first-order chi connectivity index (χ1) is 8.87. The third kappa shape index (κ3) is 1.73. The molecule has 1 aliphatic heterocycles. The number of benzene rings is 1. The molecule has 1 aromatic rings. The molecule has 0 radical (unpaired) electrons. The molecule has 1 unspecified atom stereocenters. The van der Waals surface area contributed by atoms with Crippen molar-refractivity contribution in [2.45, 2.75) is 24.8 Å². The molecule has 3 nitrogen and oxygen atoms in total. The van der Waals surface area contributed by atoms with E-state index in [4.69, 9.17) is 0 Å². The van der Waals surface area contributed by atoms with E-state index in [-0.39, 0.29) is 5.54 Å². The van der Waals surface area contributed by atoms with Crippen LogP contribution in [-0.4, -0.2) is 31.1 Å². The van der Waals surface area contributed by atoms with Gasteiger partial charge in [-0.25, -0.2) is 0 Å². The van der Waals surface area contributed by atoms with E-state index in [0.717, 1.165) is 45.4 Å². The summed E-state index contributed by atoms with van der Waals surface area (Å²) in [6, 6.07) is 11.1. The molecule has 0 spiro atoms. The molecule has 1 fully saturated rings. The molecule has 1 N–H and O–H groups in total. The van der Waals surface area contributed by atoms with E-state index < -0.39 is 0 Å². The fraction of sp³-hybridized carbons (Fsp3) is 0.533. The molecular weight excluding hydrogens is 222 g/mol. The Morgan fingerprint density at radius 2 is 2.11 bits per heavy atom. The highest BCUT2D eigenvalue weighted by atomic mass is 15.2. The van der Waals surface area contributed by atoms with Gasteiger partial charge in [0.05, 0.1) is 6.07 Å². The maximum absolute atomic E-state index is 9.80. The van der Waals surface area contributed by atoms with Crippen molar-refractivity contribution in [3.8, 4) is 6.07 Å². The molecule has 3 rings (SSSR count). The van der Waals surface area contributed by atoms with Crippen LogP contribution < -0.4 is 5.32 Å². The second-order valence-corrected chi connectivity index (χ2v) is 5.22. The van der Waals surface area contributed by atoms with Crippen LogP contribution >= 0.6 is 0 Å². The zero-order chi connectivity index (χ0) is 12.4. The monoisotopic (exact) mass is 241 g/mol. The summed E-state index contributed by atoms with van der Waals surface area (Å²) in [5, 5.41) is 13.2. The standard InChI is InChI=1S/C15H19N3/c16-12-15(18-10-3-8-17-9-11-18)7-6-13-4-1-2-5-14(13)15/h1-2,4-5,17H,3,6-11H2. The Balaban J connectivity index is 1.99. The topological polar surface area (TPSA) is 39.1 Å². The van der Waals surface area contributed by atoms with Crippen molar-refractivity contribution in [1.82, 2.24) is 10.2 Å². The summed E-state index contributed by atoms with van der Waals surface area (Å²) in [4.78, 5) is 2.39. The first-order valence-electron chi connectivity index (χ1n) is 6.82. The SMILES string of the molecule is N#CC1(N2CCCNCC2)CCc2ccccc21. The summed E-state index contributed by atoms with van der Waals surface area (Å²) in [5.41, 5.74) is 2.23. The molecule has 1 saturated heterocycles. The maximum Gasteiger partial charge on any atom is 0.135 e. The van der Waals surface area contributed by atoms with Crippen molar-refractivity contribution in [1.29, 1.82) is 5.26 Å². The number of rotatable bonds is 1. The highest BCUT2D eigenvalue weighted by Gasteiger charge is 2.43. The molecule has 94 valence electrons. The predicted molar refractivity (Wildman–Crippen MR) is 71.1 cm³/mol. The van der Waals surface area contributed by atoms with Gasteiger partial charge in [0.25, 0.3) is 0 Å². The highest BCUT2D eigenvalue weighted by molar-refractivity contribution is 5.43. The molecule has 0 saturated carbocycles. The van der Waals surface area contributed by atoms with Gasteiger partial charge in [-0.2, -0.15) is 5.26 Å². The number of nitriles is 1. The third-order valence-electron chi connectivity index (χ3n) is 4.28. The molecule has 1 heterocycles. The minimum Gasteiger partial charge on any atom is -0.315 e. The second-order valence-electron chi connectivity index (χ2n) is 5.22. The highest BCUT2D eigenvalue weighted by Crippen LogP contribution is 2.41. The average Bonchev–Trinajstić information content (AvgIpc) is 2.61. The van der Waals surface area contributed by atoms with E-state index in [1.54, 1.807) is 0 Å². The summed E-state index contributed by atoms with van der Waals surface area (Å²) >= 11 is 0. The van der Waals surface area contributed by atoms with Crippen molar-refractivity contribution in [3.05, 3.63) is 35.4 Å². The van der Waals surface area contributed by atoms with E-state index in [1.165, 1.54) is 11.1 Å². The van der Waals surface area contributed by atoms with Gasteiger partial charge < -0.3 is 5.32 Å². The first kappa shape index (κ1) is 11.7. The van der Waals surface area contributed by atoms with Gasteiger partial charge in [0.2, 0.25) is 0 Å². The predicted octanol–water partition coefficient (Wildman–Crippen LogP) is 1.65. The minimum absolute atomic E-state index is 0.372. The molecular formula is C15H19N3. The molecule has 1 aliphatic carbocycles. The molecule has 3 heteroatoms. The van der Waals surface area contributed by atoms with Gasteiger partial charge in [-0.1, -0.05) is 24.3 Å². The molecule has 0 amide bonds. The number of nitrogens with zero attached hydrogens (tertiary/aromatic N) is 2. The van der Waals surface area contributed by atoms with E-state index in [1.807, 2.05) is 0 Å². The third-order valence-corrected chi connectivity index (χ3v) is 4.28. The van der Waals surface area contributed by atoms with E-state index in [0.29, 0.717) is 0 Å². The lowest BCUT2D eigenvalue weighted by molar-refractivity contribution is 0.146. The summed E-state index contributed by atoms with van der Waals surface area (Å²) in [6.45, 7) is 4.06. The summed E-state index contributed by atoms with van der Waals surface area (Å²) in [7, 11) is 0. The summed E-state index contributed by atoms with van der Waals surface area (Å²) in [6.07, 6.45) is 3.11. The molecule has 1 aromatic carbocycles. The van der Waals surface area contributed by atoms with Crippen molar-refractivity contribution < 1.29 is 0 Å². The van der Waals surface area contributed by atoms with Crippen LogP contribution in [-0.2, 0) is 12.0 Å². The van der Waals surface area contributed by atoms with Gasteiger partial charge in [0, 0.05) is 19.6 Å². The van der Waals surface area contributed by atoms with Crippen LogP contribution in [0.3, 0.4) is 0 Å². The number of nitrogens with one attached hydrogen (secondary N) is 1. The van der Waals surface area contributed by atoms with Gasteiger partial charge in [-0.3, -0.25) is 4.90 Å². The van der Waals surface area contributed by atoms with Crippen molar-refractivity contribution in [2.24, 2.45) is 0 Å². The first-order valence-corrected chi connectivity index (χ1v) is 6.82. The Morgan fingerprint density at radius 3 is 3.00 bits per heavy atom. The van der Waals surface area contributed by atoms with Crippen molar-refractivity contribution in [3.63, 3.8) is 0 Å². The quantitative estimate of drug-likeness (QED) is 0.812. The average molecular weight is 241 g/mol. The van der Waals surface area contributed by atoms with Crippen molar-refractivity contribution in [2.75, 3.05) is 26.2 Å². The zero-order valence-corrected chi connectivity index (χ0v) is 10.7. The van der Waals surface area contributed by atoms with E-state index >= 15 is 0 Å². The lowest BCUT2D eigenvalue weighted by Crippen LogP contribution is -2.45. The van der Waals surface area contributed by atoms with Crippen LogP contribution in [0.4, 0.5) is 0 Å². The zero-order valence-electron chi connectivity index (χ0n) is 10.7. The lowest BCUT2D eigenvalue weighted by Gasteiger charge is -2.35. The largest absolute Gasteiger partial charge is 0.315 e. The van der Waals surface area contributed by atoms with Gasteiger partial charge in [-0.15, -0.1) is 0 Å². The Bertz CT molecular complexity index is 469. The Kier molecular flexibility index (Phi) is 3.07. The van der Waals surface area contributed by atoms with Gasteiger partial charge >= 0.3 is 0 Å². The maximum atomic E-state index is 9.80. The van der Waals surface area contributed by atoms with Crippen LogP contribution in [0, 0.1) is 11.3 Å². The summed E-state index contributed by atoms with van der Waals surface area (Å²) in [5.74, 6) is 0. The van der Waals surface area contributed by atoms with Crippen molar-refractivity contribution >= 4 is 0 Å². The summed E-state index contributed by atoms with van der Waals surface area (Å²) < 4.78 is 0. The fourth-order valence-corrected chi connectivity index (χ4v) is 3.33. The number of aryl methyl sites for hydroxylation is 1. The van der Waals surface area contributed by atoms with Crippen LogP contribution in [0.2, 0.25) is 0 Å². The lowest BCUT2D eigenvalue weighted by atomic mass is 9.91. The van der Waals surface area contributed by atoms with Crippen LogP contribution in [0.25, 0.3) is 0 Å². The number of fused-ring (bicyclic) bond motifs is 1. The van der Waals surface area contributed by atoms with E-state index in [2.05, 4.69) is 40.6 Å². The molecule has 0 bridgehead atoms. The normalized spacial score (nSPS) is 28.4. The second kappa shape index (κ2) is 4.72. The Labute approximate surface area is 108 Å². The Morgan fingerprint density at radius 1 is 1.22 bits per heavy atom. The van der Waals surface area contributed by atoms with Gasteiger partial charge in [-0.05, 0) is 36.9 Å². The molecule has 18 heavy (non-hydrogen) atoms. The van der Waals surface area contributed by atoms with Gasteiger partial charge in [0.1, 0.15) is 5.54 Å². The van der Waals surface area contributed by atoms with Crippen LogP contribution in [0.1, 0.15) is 24.0 Å². The number of hydrogen-bond donors (Lipinski definition) is 1. The van der Waals surface area contributed by atoms with Crippen LogP contribution in [0.5, 0.6) is 0 Å². The van der Waals surface area contributed by atoms with Crippen LogP contribution in [0.15, 0.2) is 24.3 Å². The molecule has 2 aliphatic rings. The van der Waals surface area contributed by atoms with Gasteiger partial charge in [0.15, 0.2) is 0 Å². The number of hydrogen-bond acceptors (Lipinski definition) is 3. The Hall–Kier alpha value is -1.37.